The molecule has 1 amide bonds. The van der Waals surface area contributed by atoms with Gasteiger partial charge in [-0.25, -0.2) is 13.6 Å². The third kappa shape index (κ3) is 4.08. The van der Waals surface area contributed by atoms with E-state index in [0.29, 0.717) is 22.9 Å². The van der Waals surface area contributed by atoms with Gasteiger partial charge in [0.05, 0.1) is 4.90 Å². The molecular formula is C17H22N4O3S. The molecule has 0 atom stereocenters. The smallest absolute Gasteiger partial charge is 0.276 e. The Balaban J connectivity index is 1.75. The molecule has 1 saturated carbocycles. The molecule has 0 bridgehead atoms. The third-order valence-electron chi connectivity index (χ3n) is 4.63. The average Bonchev–Trinajstić information content (AvgIpc) is 3.06. The second kappa shape index (κ2) is 6.97. The van der Waals surface area contributed by atoms with Gasteiger partial charge in [0.2, 0.25) is 10.0 Å². The molecule has 1 fully saturated rings. The van der Waals surface area contributed by atoms with Gasteiger partial charge in [-0.05, 0) is 43.5 Å². The zero-order valence-corrected chi connectivity index (χ0v) is 14.9. The number of H-pyrrole nitrogens is 1. The Morgan fingerprint density at radius 2 is 1.96 bits per heavy atom. The first-order chi connectivity index (χ1) is 11.8. The molecule has 0 aliphatic heterocycles. The number of rotatable bonds is 4. The van der Waals surface area contributed by atoms with E-state index in [4.69, 9.17) is 5.14 Å². The predicted octanol–water partition coefficient (Wildman–Crippen LogP) is 2.67. The van der Waals surface area contributed by atoms with Crippen molar-refractivity contribution < 1.29 is 13.2 Å². The molecule has 1 aliphatic rings. The van der Waals surface area contributed by atoms with Crippen molar-refractivity contribution in [3.63, 3.8) is 0 Å². The molecule has 4 N–H and O–H groups in total. The van der Waals surface area contributed by atoms with Crippen LogP contribution in [0.15, 0.2) is 29.2 Å². The molecule has 7 nitrogen and oxygen atoms in total. The molecule has 25 heavy (non-hydrogen) atoms. The maximum atomic E-state index is 12.4. The van der Waals surface area contributed by atoms with Crippen molar-refractivity contribution in [2.24, 2.45) is 5.14 Å². The van der Waals surface area contributed by atoms with Crippen molar-refractivity contribution in [3.8, 4) is 0 Å². The number of aromatic nitrogens is 2. The highest BCUT2D eigenvalue weighted by Gasteiger charge is 2.20. The summed E-state index contributed by atoms with van der Waals surface area (Å²) in [5.41, 5.74) is 2.17. The van der Waals surface area contributed by atoms with Crippen molar-refractivity contribution in [2.45, 2.75) is 49.8 Å². The number of hydrogen-bond acceptors (Lipinski definition) is 4. The van der Waals surface area contributed by atoms with Crippen LogP contribution < -0.4 is 10.5 Å². The number of sulfonamides is 1. The maximum absolute atomic E-state index is 12.4. The number of benzene rings is 1. The number of anilines is 1. The molecule has 1 aromatic carbocycles. The van der Waals surface area contributed by atoms with Crippen molar-refractivity contribution >= 4 is 21.6 Å². The van der Waals surface area contributed by atoms with E-state index in [9.17, 15) is 13.2 Å². The van der Waals surface area contributed by atoms with Gasteiger partial charge in [0, 0.05) is 17.3 Å². The van der Waals surface area contributed by atoms with Crippen LogP contribution in [-0.4, -0.2) is 24.5 Å². The minimum Gasteiger partial charge on any atom is -0.321 e. The second-order valence-electron chi connectivity index (χ2n) is 6.52. The van der Waals surface area contributed by atoms with Crippen molar-refractivity contribution in [1.29, 1.82) is 0 Å². The Morgan fingerprint density at radius 3 is 2.64 bits per heavy atom. The van der Waals surface area contributed by atoms with Gasteiger partial charge >= 0.3 is 0 Å². The highest BCUT2D eigenvalue weighted by atomic mass is 32.2. The first kappa shape index (κ1) is 17.6. The van der Waals surface area contributed by atoms with E-state index in [0.717, 1.165) is 18.5 Å². The number of carbonyl (C=O) groups is 1. The summed E-state index contributed by atoms with van der Waals surface area (Å²) in [4.78, 5) is 12.4. The molecule has 1 aliphatic carbocycles. The molecular weight excluding hydrogens is 340 g/mol. The highest BCUT2D eigenvalue weighted by molar-refractivity contribution is 7.89. The van der Waals surface area contributed by atoms with Crippen LogP contribution in [0.3, 0.4) is 0 Å². The molecule has 0 radical (unpaired) electrons. The van der Waals surface area contributed by atoms with Gasteiger partial charge in [0.25, 0.3) is 5.91 Å². The summed E-state index contributed by atoms with van der Waals surface area (Å²) >= 11 is 0. The Morgan fingerprint density at radius 1 is 1.24 bits per heavy atom. The Hall–Kier alpha value is -2.19. The van der Waals surface area contributed by atoms with Crippen LogP contribution in [0.1, 0.15) is 59.8 Å². The van der Waals surface area contributed by atoms with Crippen LogP contribution in [0.5, 0.6) is 0 Å². The number of hydrogen-bond donors (Lipinski definition) is 3. The maximum Gasteiger partial charge on any atom is 0.276 e. The standard InChI is InChI=1S/C17H22N4O3S/c1-11-7-8-13(9-16(11)25(18,23)24)19-17(22)15-10-14(20-21-15)12-5-3-2-4-6-12/h7-10,12H,2-6H2,1H3,(H,19,22)(H,20,21)(H2,18,23,24). The number of amides is 1. The van der Waals surface area contributed by atoms with Gasteiger partial charge in [0.1, 0.15) is 0 Å². The molecule has 0 spiro atoms. The largest absolute Gasteiger partial charge is 0.321 e. The van der Waals surface area contributed by atoms with Gasteiger partial charge in [-0.2, -0.15) is 5.10 Å². The first-order valence-corrected chi connectivity index (χ1v) is 9.89. The number of nitrogens with zero attached hydrogens (tertiary/aromatic N) is 1. The van der Waals surface area contributed by atoms with Crippen molar-refractivity contribution in [1.82, 2.24) is 10.2 Å². The van der Waals surface area contributed by atoms with Crippen LogP contribution in [-0.2, 0) is 10.0 Å². The quantitative estimate of drug-likeness (QED) is 0.775. The lowest BCUT2D eigenvalue weighted by Crippen LogP contribution is -2.16. The zero-order valence-electron chi connectivity index (χ0n) is 14.1. The number of nitrogens with two attached hydrogens (primary N) is 1. The zero-order chi connectivity index (χ0) is 18.0. The minimum absolute atomic E-state index is 0.00442. The summed E-state index contributed by atoms with van der Waals surface area (Å²) in [6.45, 7) is 1.65. The first-order valence-electron chi connectivity index (χ1n) is 8.35. The molecule has 134 valence electrons. The van der Waals surface area contributed by atoms with Crippen LogP contribution in [0.2, 0.25) is 0 Å². The number of aryl methyl sites for hydroxylation is 1. The van der Waals surface area contributed by atoms with E-state index < -0.39 is 10.0 Å². The Kier molecular flexibility index (Phi) is 4.91. The predicted molar refractivity (Wildman–Crippen MR) is 94.9 cm³/mol. The Labute approximate surface area is 147 Å². The van der Waals surface area contributed by atoms with Crippen LogP contribution in [0, 0.1) is 6.92 Å². The summed E-state index contributed by atoms with van der Waals surface area (Å²) in [6, 6.07) is 6.38. The molecule has 1 heterocycles. The fraction of sp³-hybridized carbons (Fsp3) is 0.412. The van der Waals surface area contributed by atoms with Crippen LogP contribution >= 0.6 is 0 Å². The SMILES string of the molecule is Cc1ccc(NC(=O)c2cc(C3CCCCC3)[nH]n2)cc1S(N)(=O)=O. The molecule has 3 rings (SSSR count). The molecule has 0 saturated heterocycles. The normalized spacial score (nSPS) is 15.9. The van der Waals surface area contributed by atoms with E-state index >= 15 is 0 Å². The fourth-order valence-electron chi connectivity index (χ4n) is 3.26. The topological polar surface area (TPSA) is 118 Å². The van der Waals surface area contributed by atoms with Gasteiger partial charge in [-0.1, -0.05) is 25.3 Å². The van der Waals surface area contributed by atoms with Gasteiger partial charge in [-0.15, -0.1) is 0 Å². The highest BCUT2D eigenvalue weighted by Crippen LogP contribution is 2.31. The van der Waals surface area contributed by atoms with Crippen molar-refractivity contribution in [3.05, 3.63) is 41.2 Å². The molecule has 1 aromatic heterocycles. The Bertz CT molecular complexity index is 883. The van der Waals surface area contributed by atoms with E-state index in [1.165, 1.54) is 25.3 Å². The molecule has 2 aromatic rings. The lowest BCUT2D eigenvalue weighted by Gasteiger charge is -2.19. The third-order valence-corrected chi connectivity index (χ3v) is 5.68. The van der Waals surface area contributed by atoms with Gasteiger partial charge in [0.15, 0.2) is 5.69 Å². The second-order valence-corrected chi connectivity index (χ2v) is 8.05. The summed E-state index contributed by atoms with van der Waals surface area (Å²) in [6.07, 6.45) is 5.88. The van der Waals surface area contributed by atoms with E-state index in [1.54, 1.807) is 25.1 Å². The lowest BCUT2D eigenvalue weighted by atomic mass is 9.87. The summed E-state index contributed by atoms with van der Waals surface area (Å²) < 4.78 is 23.2. The van der Waals surface area contributed by atoms with E-state index in [2.05, 4.69) is 15.5 Å². The summed E-state index contributed by atoms with van der Waals surface area (Å²) in [7, 11) is -3.84. The molecule has 0 unspecified atom stereocenters. The fourth-order valence-corrected chi connectivity index (χ4v) is 4.06. The summed E-state index contributed by atoms with van der Waals surface area (Å²) in [5.74, 6) is 0.0405. The summed E-state index contributed by atoms with van der Waals surface area (Å²) in [5, 5.41) is 14.9. The number of primary sulfonamides is 1. The molecule has 8 heteroatoms. The number of nitrogens with one attached hydrogen (secondary N) is 2. The lowest BCUT2D eigenvalue weighted by molar-refractivity contribution is 0.102. The number of aromatic amines is 1. The van der Waals surface area contributed by atoms with Crippen molar-refractivity contribution in [2.75, 3.05) is 5.32 Å². The van der Waals surface area contributed by atoms with E-state index in [-0.39, 0.29) is 10.8 Å². The average molecular weight is 362 g/mol. The number of carbonyl (C=O) groups excluding carboxylic acids is 1. The van der Waals surface area contributed by atoms with E-state index in [1.807, 2.05) is 0 Å². The minimum atomic E-state index is -3.84. The van der Waals surface area contributed by atoms with Gasteiger partial charge in [-0.3, -0.25) is 9.89 Å². The monoisotopic (exact) mass is 362 g/mol. The van der Waals surface area contributed by atoms with Crippen LogP contribution in [0.4, 0.5) is 5.69 Å². The van der Waals surface area contributed by atoms with Gasteiger partial charge < -0.3 is 5.32 Å². The van der Waals surface area contributed by atoms with Crippen LogP contribution in [0.25, 0.3) is 0 Å².